The highest BCUT2D eigenvalue weighted by Gasteiger charge is 2.64. The fourth-order valence-electron chi connectivity index (χ4n) is 5.20. The Bertz CT molecular complexity index is 1180. The van der Waals surface area contributed by atoms with E-state index in [2.05, 4.69) is 5.32 Å². The van der Waals surface area contributed by atoms with E-state index in [-0.39, 0.29) is 17.6 Å². The van der Waals surface area contributed by atoms with E-state index in [1.807, 2.05) is 60.5 Å². The lowest BCUT2D eigenvalue weighted by Gasteiger charge is -2.35. The van der Waals surface area contributed by atoms with Crippen LogP contribution in [0.4, 0.5) is 5.69 Å². The minimum absolute atomic E-state index is 0.0761. The second-order valence-corrected chi connectivity index (χ2v) is 9.03. The number of nitrogens with zero attached hydrogens (tertiary/aromatic N) is 1. The van der Waals surface area contributed by atoms with Crippen LogP contribution in [-0.4, -0.2) is 30.2 Å². The number of likely N-dealkylation sites (tertiary alicyclic amines) is 1. The summed E-state index contributed by atoms with van der Waals surface area (Å²) in [6.07, 6.45) is 0. The minimum Gasteiger partial charge on any atom is -0.324 e. The average molecular weight is 451 g/mol. The fraction of sp³-hybridized carbons (Fsp3) is 0.200. The first-order chi connectivity index (χ1) is 14.9. The molecule has 0 unspecified atom stereocenters. The Balaban J connectivity index is 1.72. The van der Waals surface area contributed by atoms with Crippen LogP contribution in [-0.2, 0) is 10.3 Å². The molecule has 0 aromatic heterocycles. The molecule has 0 radical (unpaired) electrons. The summed E-state index contributed by atoms with van der Waals surface area (Å²) < 4.78 is 0. The predicted molar refractivity (Wildman–Crippen MR) is 123 cm³/mol. The van der Waals surface area contributed by atoms with E-state index < -0.39 is 11.5 Å². The Hall–Kier alpha value is -2.66. The van der Waals surface area contributed by atoms with Crippen molar-refractivity contribution in [2.75, 3.05) is 18.9 Å². The first-order valence-electron chi connectivity index (χ1n) is 10.1. The van der Waals surface area contributed by atoms with Crippen molar-refractivity contribution in [2.24, 2.45) is 5.92 Å². The van der Waals surface area contributed by atoms with Crippen molar-refractivity contribution in [3.8, 4) is 0 Å². The largest absolute Gasteiger partial charge is 0.324 e. The third-order valence-electron chi connectivity index (χ3n) is 6.57. The summed E-state index contributed by atoms with van der Waals surface area (Å²) in [4.78, 5) is 29.6. The number of para-hydroxylation sites is 1. The van der Waals surface area contributed by atoms with Crippen LogP contribution in [0, 0.1) is 5.92 Å². The number of hydrogen-bond acceptors (Lipinski definition) is 3. The van der Waals surface area contributed by atoms with Gasteiger partial charge >= 0.3 is 0 Å². The van der Waals surface area contributed by atoms with Crippen LogP contribution in [0.25, 0.3) is 0 Å². The van der Waals surface area contributed by atoms with Gasteiger partial charge in [-0.1, -0.05) is 53.5 Å². The topological polar surface area (TPSA) is 49.4 Å². The van der Waals surface area contributed by atoms with E-state index >= 15 is 0 Å². The molecule has 0 saturated carbocycles. The number of anilines is 1. The van der Waals surface area contributed by atoms with Crippen LogP contribution in [0.5, 0.6) is 0 Å². The lowest BCUT2D eigenvalue weighted by Crippen LogP contribution is -2.51. The van der Waals surface area contributed by atoms with Gasteiger partial charge in [0.2, 0.25) is 5.91 Å². The van der Waals surface area contributed by atoms with Gasteiger partial charge in [-0.25, -0.2) is 0 Å². The molecule has 6 heteroatoms. The molecule has 31 heavy (non-hydrogen) atoms. The molecule has 0 aliphatic carbocycles. The first-order valence-corrected chi connectivity index (χ1v) is 10.9. The molecule has 1 spiro atoms. The number of halogens is 2. The Morgan fingerprint density at radius 1 is 0.968 bits per heavy atom. The maximum Gasteiger partial charge on any atom is 0.250 e. The molecule has 0 bridgehead atoms. The monoisotopic (exact) mass is 450 g/mol. The highest BCUT2D eigenvalue weighted by Crippen LogP contribution is 2.55. The highest BCUT2D eigenvalue weighted by atomic mass is 35.5. The number of likely N-dealkylation sites (N-methyl/N-ethyl adjacent to an activating group) is 1. The average Bonchev–Trinajstić information content (AvgIpc) is 3.24. The molecular weight excluding hydrogens is 431 g/mol. The third kappa shape index (κ3) is 3.01. The van der Waals surface area contributed by atoms with Crippen molar-refractivity contribution in [3.05, 3.63) is 99.5 Å². The quantitative estimate of drug-likeness (QED) is 0.545. The van der Waals surface area contributed by atoms with E-state index in [1.165, 1.54) is 0 Å². The first kappa shape index (κ1) is 20.3. The zero-order valence-corrected chi connectivity index (χ0v) is 18.3. The number of benzene rings is 3. The van der Waals surface area contributed by atoms with Gasteiger partial charge < -0.3 is 5.32 Å². The van der Waals surface area contributed by atoms with Crippen molar-refractivity contribution in [1.82, 2.24) is 4.90 Å². The second-order valence-electron chi connectivity index (χ2n) is 8.15. The van der Waals surface area contributed by atoms with Gasteiger partial charge in [0.05, 0.1) is 5.92 Å². The van der Waals surface area contributed by atoms with Crippen molar-refractivity contribution in [1.29, 1.82) is 0 Å². The number of rotatable bonds is 3. The van der Waals surface area contributed by atoms with Gasteiger partial charge in [-0.3, -0.25) is 14.5 Å². The number of ketones is 1. The summed E-state index contributed by atoms with van der Waals surface area (Å²) in [5.41, 5.74) is 2.03. The molecule has 4 nitrogen and oxygen atoms in total. The van der Waals surface area contributed by atoms with Crippen LogP contribution in [0.1, 0.15) is 27.4 Å². The standard InChI is InChI=1S/C25H20Cl2N2O2/c1-29-14-19(15-6-10-17(26)11-7-15)22(23(30)16-8-12-18(27)13-9-16)25(29)20-4-2-3-5-21(20)28-24(25)31/h2-13,19,22H,14H2,1H3,(H,28,31)/t19-,22+,25-/m0/s1. The maximum atomic E-state index is 14.0. The van der Waals surface area contributed by atoms with Crippen LogP contribution < -0.4 is 5.32 Å². The van der Waals surface area contributed by atoms with Gasteiger partial charge in [0.1, 0.15) is 5.54 Å². The SMILES string of the molecule is CN1C[C@@H](c2ccc(Cl)cc2)[C@H](C(=O)c2ccc(Cl)cc2)[C@@]12C(=O)Nc1ccccc12. The lowest BCUT2D eigenvalue weighted by molar-refractivity contribution is -0.126. The number of amides is 1. The Morgan fingerprint density at radius 3 is 2.26 bits per heavy atom. The van der Waals surface area contributed by atoms with Gasteiger partial charge in [-0.2, -0.15) is 0 Å². The van der Waals surface area contributed by atoms with Crippen molar-refractivity contribution in [3.63, 3.8) is 0 Å². The second kappa shape index (κ2) is 7.49. The third-order valence-corrected chi connectivity index (χ3v) is 7.07. The van der Waals surface area contributed by atoms with Gasteiger partial charge in [0, 0.05) is 39.3 Å². The molecule has 2 aliphatic heterocycles. The molecule has 3 aromatic rings. The molecule has 1 saturated heterocycles. The Labute approximate surface area is 190 Å². The van der Waals surface area contributed by atoms with Crippen molar-refractivity contribution >= 4 is 40.6 Å². The molecule has 3 aromatic carbocycles. The number of carbonyl (C=O) groups is 2. The van der Waals surface area contributed by atoms with Crippen LogP contribution in [0.2, 0.25) is 10.0 Å². The Kier molecular flexibility index (Phi) is 4.89. The van der Waals surface area contributed by atoms with Gasteiger partial charge in [-0.05, 0) is 55.1 Å². The molecule has 2 aliphatic rings. The van der Waals surface area contributed by atoms with E-state index in [4.69, 9.17) is 23.2 Å². The fourth-order valence-corrected chi connectivity index (χ4v) is 5.45. The Morgan fingerprint density at radius 2 is 1.58 bits per heavy atom. The lowest BCUT2D eigenvalue weighted by atomic mass is 9.70. The summed E-state index contributed by atoms with van der Waals surface area (Å²) in [6, 6.07) is 22.0. The highest BCUT2D eigenvalue weighted by molar-refractivity contribution is 6.31. The van der Waals surface area contributed by atoms with Gasteiger partial charge in [-0.15, -0.1) is 0 Å². The summed E-state index contributed by atoms with van der Waals surface area (Å²) >= 11 is 12.2. The van der Waals surface area contributed by atoms with Gasteiger partial charge in [0.25, 0.3) is 0 Å². The molecule has 1 N–H and O–H groups in total. The summed E-state index contributed by atoms with van der Waals surface area (Å²) in [7, 11) is 1.92. The van der Waals surface area contributed by atoms with Crippen LogP contribution in [0.15, 0.2) is 72.8 Å². The summed E-state index contributed by atoms with van der Waals surface area (Å²) in [5.74, 6) is -1.03. The molecular formula is C25H20Cl2N2O2. The number of fused-ring (bicyclic) bond motifs is 2. The van der Waals surface area contributed by atoms with Crippen molar-refractivity contribution < 1.29 is 9.59 Å². The maximum absolute atomic E-state index is 14.0. The zero-order valence-electron chi connectivity index (χ0n) is 16.8. The number of Topliss-reactive ketones (excluding diaryl/α,β-unsaturated/α-hetero) is 1. The minimum atomic E-state index is -1.09. The molecule has 5 rings (SSSR count). The van der Waals surface area contributed by atoms with Crippen LogP contribution >= 0.6 is 23.2 Å². The molecule has 2 heterocycles. The molecule has 156 valence electrons. The van der Waals surface area contributed by atoms with Gasteiger partial charge in [0.15, 0.2) is 5.78 Å². The van der Waals surface area contributed by atoms with Crippen molar-refractivity contribution in [2.45, 2.75) is 11.5 Å². The smallest absolute Gasteiger partial charge is 0.250 e. The van der Waals surface area contributed by atoms with E-state index in [0.717, 1.165) is 16.8 Å². The molecule has 3 atom stereocenters. The summed E-state index contributed by atoms with van der Waals surface area (Å²) in [5, 5.41) is 4.21. The number of nitrogens with one attached hydrogen (secondary N) is 1. The van der Waals surface area contributed by atoms with Crippen LogP contribution in [0.3, 0.4) is 0 Å². The molecule has 1 amide bonds. The summed E-state index contributed by atoms with van der Waals surface area (Å²) in [6.45, 7) is 0.563. The molecule has 1 fully saturated rings. The van der Waals surface area contributed by atoms with E-state index in [1.54, 1.807) is 24.3 Å². The van der Waals surface area contributed by atoms with E-state index in [0.29, 0.717) is 22.2 Å². The normalized spacial score (nSPS) is 24.9. The predicted octanol–water partition coefficient (Wildman–Crippen LogP) is 5.37. The number of carbonyl (C=O) groups excluding carboxylic acids is 2. The van der Waals surface area contributed by atoms with E-state index in [9.17, 15) is 9.59 Å². The zero-order chi connectivity index (χ0) is 21.8. The number of hydrogen-bond donors (Lipinski definition) is 1.